The Balaban J connectivity index is 1.62. The highest BCUT2D eigenvalue weighted by molar-refractivity contribution is 7.11. The highest BCUT2D eigenvalue weighted by Gasteiger charge is 2.49. The number of carbonyl (C=O) groups is 1. The predicted molar refractivity (Wildman–Crippen MR) is 129 cm³/mol. The number of methoxy groups -OCH3 is 1. The smallest absolute Gasteiger partial charge is 0.437 e. The van der Waals surface area contributed by atoms with E-state index in [1.807, 2.05) is 0 Å². The molecule has 1 aromatic carbocycles. The maximum absolute atomic E-state index is 14.7. The molecule has 2 aromatic heterocycles. The number of nitrogens with one attached hydrogen (secondary N) is 1. The van der Waals surface area contributed by atoms with Crippen molar-refractivity contribution in [3.8, 4) is 0 Å². The molecule has 2 aliphatic heterocycles. The average molecular weight is 549 g/mol. The zero-order chi connectivity index (χ0) is 27.1. The number of rotatable bonds is 6. The van der Waals surface area contributed by atoms with Gasteiger partial charge in [0.15, 0.2) is 16.6 Å². The zero-order valence-corrected chi connectivity index (χ0v) is 21.4. The van der Waals surface area contributed by atoms with Gasteiger partial charge in [0.2, 0.25) is 11.8 Å². The molecule has 3 aromatic rings. The van der Waals surface area contributed by atoms with Gasteiger partial charge in [-0.1, -0.05) is 12.1 Å². The molecule has 2 aliphatic rings. The average Bonchev–Trinajstić information content (AvgIpc) is 3.62. The molecule has 200 valence electrons. The fourth-order valence-electron chi connectivity index (χ4n) is 4.55. The van der Waals surface area contributed by atoms with Crippen molar-refractivity contribution in [3.63, 3.8) is 0 Å². The van der Waals surface area contributed by atoms with E-state index in [4.69, 9.17) is 18.9 Å². The van der Waals surface area contributed by atoms with E-state index >= 15 is 0 Å². The van der Waals surface area contributed by atoms with Crippen LogP contribution >= 0.6 is 11.3 Å². The first kappa shape index (κ1) is 25.9. The van der Waals surface area contributed by atoms with E-state index in [-0.39, 0.29) is 29.8 Å². The number of likely N-dealkylation sites (tertiary alicyclic amines) is 1. The van der Waals surface area contributed by atoms with E-state index < -0.39 is 42.4 Å². The number of aliphatic imine (C=N–C) groups is 1. The van der Waals surface area contributed by atoms with E-state index in [2.05, 4.69) is 20.5 Å². The second-order valence-corrected chi connectivity index (χ2v) is 9.90. The number of thiazole rings is 1. The Kier molecular flexibility index (Phi) is 6.69. The van der Waals surface area contributed by atoms with Crippen LogP contribution < -0.4 is 5.32 Å². The van der Waals surface area contributed by atoms with Crippen LogP contribution in [0.2, 0.25) is 0 Å². The first-order valence-electron chi connectivity index (χ1n) is 11.5. The largest absolute Gasteiger partial charge is 0.513 e. The molecule has 0 saturated carbocycles. The van der Waals surface area contributed by atoms with Gasteiger partial charge in [0, 0.05) is 31.5 Å². The van der Waals surface area contributed by atoms with Gasteiger partial charge in [-0.3, -0.25) is 4.90 Å². The van der Waals surface area contributed by atoms with Crippen LogP contribution in [0.1, 0.15) is 41.7 Å². The highest BCUT2D eigenvalue weighted by atomic mass is 32.1. The molecule has 0 amide bonds. The van der Waals surface area contributed by atoms with Crippen LogP contribution in [0.5, 0.6) is 0 Å². The first-order valence-corrected chi connectivity index (χ1v) is 12.4. The minimum absolute atomic E-state index is 0.00643. The lowest BCUT2D eigenvalue weighted by atomic mass is 9.88. The number of alkyl halides is 2. The number of carbonyl (C=O) groups excluding carboxylic acids is 1. The maximum atomic E-state index is 14.7. The third-order valence-corrected chi connectivity index (χ3v) is 7.05. The Hall–Kier alpha value is -3.78. The molecule has 2 atom stereocenters. The lowest BCUT2D eigenvalue weighted by molar-refractivity contribution is 0.0123. The van der Waals surface area contributed by atoms with Crippen LogP contribution in [0.4, 0.5) is 18.0 Å². The van der Waals surface area contributed by atoms with Crippen molar-refractivity contribution in [2.75, 3.05) is 20.2 Å². The molecule has 1 saturated heterocycles. The predicted octanol–water partition coefficient (Wildman–Crippen LogP) is 4.32. The number of benzene rings is 1. The maximum Gasteiger partial charge on any atom is 0.513 e. The van der Waals surface area contributed by atoms with Crippen molar-refractivity contribution < 1.29 is 31.9 Å². The Morgan fingerprint density at radius 3 is 2.68 bits per heavy atom. The van der Waals surface area contributed by atoms with Crippen LogP contribution in [0, 0.1) is 12.7 Å². The zero-order valence-electron chi connectivity index (χ0n) is 20.6. The molecule has 0 aliphatic carbocycles. The normalized spacial score (nSPS) is 23.2. The molecular weight excluding hydrogens is 525 g/mol. The topological polar surface area (TPSA) is 115 Å². The molecule has 1 fully saturated rings. The van der Waals surface area contributed by atoms with Crippen LogP contribution in [0.3, 0.4) is 0 Å². The number of aryl methyl sites for hydroxylation is 1. The number of nitrogens with zero attached hydrogens (tertiary/aromatic N) is 5. The highest BCUT2D eigenvalue weighted by Crippen LogP contribution is 2.43. The number of ether oxygens (including phenoxy) is 2. The molecule has 0 unspecified atom stereocenters. The van der Waals surface area contributed by atoms with E-state index in [0.29, 0.717) is 16.4 Å². The van der Waals surface area contributed by atoms with E-state index in [0.717, 1.165) is 7.11 Å². The van der Waals surface area contributed by atoms with Gasteiger partial charge in [-0.05, 0) is 24.6 Å². The van der Waals surface area contributed by atoms with Crippen molar-refractivity contribution in [1.29, 1.82) is 0 Å². The molecule has 4 heterocycles. The van der Waals surface area contributed by atoms with Gasteiger partial charge in [0.25, 0.3) is 5.92 Å². The van der Waals surface area contributed by atoms with Crippen LogP contribution in [-0.2, 0) is 15.0 Å². The van der Waals surface area contributed by atoms with Gasteiger partial charge in [0.1, 0.15) is 11.4 Å². The van der Waals surface area contributed by atoms with Crippen LogP contribution in [-0.4, -0.2) is 58.2 Å². The first-order chi connectivity index (χ1) is 18.1. The number of hydrogen-bond acceptors (Lipinski definition) is 11. The van der Waals surface area contributed by atoms with Gasteiger partial charge in [-0.2, -0.15) is 0 Å². The number of halogens is 3. The molecule has 0 bridgehead atoms. The minimum atomic E-state index is -3.03. The van der Waals surface area contributed by atoms with E-state index in [9.17, 15) is 18.0 Å². The fourth-order valence-corrected chi connectivity index (χ4v) is 5.13. The van der Waals surface area contributed by atoms with Crippen molar-refractivity contribution >= 4 is 23.3 Å². The summed E-state index contributed by atoms with van der Waals surface area (Å²) in [5, 5.41) is 13.1. The lowest BCUT2D eigenvalue weighted by Gasteiger charge is -2.36. The monoisotopic (exact) mass is 548 g/mol. The van der Waals surface area contributed by atoms with Gasteiger partial charge in [0.05, 0.1) is 25.4 Å². The van der Waals surface area contributed by atoms with Crippen molar-refractivity contribution in [1.82, 2.24) is 25.4 Å². The summed E-state index contributed by atoms with van der Waals surface area (Å²) in [5.41, 5.74) is -0.620. The number of amidine groups is 1. The standard InChI is InChI=1S/C24H23F3N6O4S/c1-13-31-32-20(36-13)17-10-24(26,27)12-33(17)11-16-18(37-22(34)35-3)23(2,14-4-6-15(25)7-5-14)30-19(29-16)21-28-8-9-38-21/h4-9,17H,10-12H2,1-3H3,(H,29,30)/t17-,23-/m0/s1. The quantitative estimate of drug-likeness (QED) is 0.450. The summed E-state index contributed by atoms with van der Waals surface area (Å²) in [5.74, 6) is -2.85. The summed E-state index contributed by atoms with van der Waals surface area (Å²) in [6, 6.07) is 4.64. The Labute approximate surface area is 219 Å². The molecule has 1 N–H and O–H groups in total. The van der Waals surface area contributed by atoms with Crippen LogP contribution in [0.25, 0.3) is 0 Å². The Bertz CT molecular complexity index is 1390. The summed E-state index contributed by atoms with van der Waals surface area (Å²) in [6.45, 7) is 2.51. The third kappa shape index (κ3) is 5.00. The number of aromatic nitrogens is 3. The summed E-state index contributed by atoms with van der Waals surface area (Å²) >= 11 is 1.31. The number of hydrogen-bond donors (Lipinski definition) is 1. The van der Waals surface area contributed by atoms with E-state index in [1.54, 1.807) is 25.4 Å². The van der Waals surface area contributed by atoms with Crippen molar-refractivity contribution in [3.05, 3.63) is 75.5 Å². The van der Waals surface area contributed by atoms with Crippen molar-refractivity contribution in [2.24, 2.45) is 4.99 Å². The molecule has 0 spiro atoms. The van der Waals surface area contributed by atoms with Gasteiger partial charge in [-0.25, -0.2) is 27.9 Å². The lowest BCUT2D eigenvalue weighted by Crippen LogP contribution is -2.44. The fraction of sp³-hybridized carbons (Fsp3) is 0.375. The Morgan fingerprint density at radius 1 is 1.29 bits per heavy atom. The summed E-state index contributed by atoms with van der Waals surface area (Å²) < 4.78 is 58.9. The van der Waals surface area contributed by atoms with Gasteiger partial charge >= 0.3 is 6.16 Å². The molecule has 5 rings (SSSR count). The molecule has 0 radical (unpaired) electrons. The molecule has 10 nitrogen and oxygen atoms in total. The van der Waals surface area contributed by atoms with Gasteiger partial charge < -0.3 is 19.2 Å². The van der Waals surface area contributed by atoms with E-state index in [1.165, 1.54) is 40.5 Å². The second kappa shape index (κ2) is 9.83. The molecule has 14 heteroatoms. The Morgan fingerprint density at radius 2 is 2.05 bits per heavy atom. The minimum Gasteiger partial charge on any atom is -0.437 e. The van der Waals surface area contributed by atoms with Gasteiger partial charge in [-0.15, -0.1) is 21.5 Å². The molecular formula is C24H23F3N6O4S. The second-order valence-electron chi connectivity index (χ2n) is 9.01. The summed E-state index contributed by atoms with van der Waals surface area (Å²) in [4.78, 5) is 22.9. The SMILES string of the molecule is COC(=O)OC1=C(CN2CC(F)(F)C[C@H]2c2nnc(C)o2)NC(c2nccs2)=N[C@@]1(C)c1ccc(F)cc1. The summed E-state index contributed by atoms with van der Waals surface area (Å²) in [7, 11) is 1.15. The molecule has 38 heavy (non-hydrogen) atoms. The third-order valence-electron chi connectivity index (χ3n) is 6.27. The van der Waals surface area contributed by atoms with Crippen LogP contribution in [0.15, 0.2) is 56.7 Å². The van der Waals surface area contributed by atoms with Crippen molar-refractivity contribution in [2.45, 2.75) is 37.8 Å². The summed E-state index contributed by atoms with van der Waals surface area (Å²) in [6.07, 6.45) is 0.0343.